The third-order valence-electron chi connectivity index (χ3n) is 3.52. The molecule has 8 heteroatoms. The van der Waals surface area contributed by atoms with E-state index in [9.17, 15) is 8.42 Å². The van der Waals surface area contributed by atoms with Crippen molar-refractivity contribution in [1.29, 1.82) is 0 Å². The first-order valence-electron chi connectivity index (χ1n) is 7.62. The highest BCUT2D eigenvalue weighted by Gasteiger charge is 2.20. The fourth-order valence-electron chi connectivity index (χ4n) is 2.17. The molecule has 3 aromatic rings. The lowest BCUT2D eigenvalue weighted by molar-refractivity contribution is 0.417. The van der Waals surface area contributed by atoms with Crippen molar-refractivity contribution in [2.24, 2.45) is 0 Å². The number of hydrogen-bond acceptors (Lipinski definition) is 6. The van der Waals surface area contributed by atoms with Crippen LogP contribution >= 0.6 is 22.7 Å². The van der Waals surface area contributed by atoms with Gasteiger partial charge >= 0.3 is 0 Å². The first-order chi connectivity index (χ1) is 11.9. The van der Waals surface area contributed by atoms with Crippen LogP contribution in [0.3, 0.4) is 0 Å². The number of thiazole rings is 1. The minimum absolute atomic E-state index is 0.245. The van der Waals surface area contributed by atoms with E-state index < -0.39 is 10.0 Å². The summed E-state index contributed by atoms with van der Waals surface area (Å²) in [5, 5.41) is 2.86. The SMILES string of the molecule is COc1ccccc1NS(=O)(=O)c1ccc(-c2nc(C(C)C)cs2)s1. The maximum atomic E-state index is 12.7. The number of hydrogen-bond donors (Lipinski definition) is 1. The fraction of sp³-hybridized carbons (Fsp3) is 0.235. The van der Waals surface area contributed by atoms with E-state index in [1.165, 1.54) is 29.8 Å². The van der Waals surface area contributed by atoms with Crippen molar-refractivity contribution < 1.29 is 13.2 Å². The maximum Gasteiger partial charge on any atom is 0.271 e. The summed E-state index contributed by atoms with van der Waals surface area (Å²) in [4.78, 5) is 5.43. The highest BCUT2D eigenvalue weighted by Crippen LogP contribution is 2.35. The van der Waals surface area contributed by atoms with Crippen molar-refractivity contribution in [2.45, 2.75) is 24.0 Å². The minimum atomic E-state index is -3.68. The Morgan fingerprint density at radius 1 is 1.16 bits per heavy atom. The highest BCUT2D eigenvalue weighted by atomic mass is 32.2. The molecule has 25 heavy (non-hydrogen) atoms. The quantitative estimate of drug-likeness (QED) is 0.652. The summed E-state index contributed by atoms with van der Waals surface area (Å²) in [6.45, 7) is 4.17. The third kappa shape index (κ3) is 3.86. The number of ether oxygens (including phenoxy) is 1. The van der Waals surface area contributed by atoms with Gasteiger partial charge in [-0.1, -0.05) is 26.0 Å². The molecule has 0 atom stereocenters. The molecule has 1 N–H and O–H groups in total. The molecular formula is C17H18N2O3S3. The molecule has 2 heterocycles. The summed E-state index contributed by atoms with van der Waals surface area (Å²) in [6, 6.07) is 10.3. The van der Waals surface area contributed by atoms with Crippen molar-refractivity contribution in [2.75, 3.05) is 11.8 Å². The van der Waals surface area contributed by atoms with Crippen LogP contribution in [0.2, 0.25) is 0 Å². The van der Waals surface area contributed by atoms with Gasteiger partial charge in [0.2, 0.25) is 0 Å². The van der Waals surface area contributed by atoms with Crippen LogP contribution in [0.5, 0.6) is 5.75 Å². The zero-order valence-electron chi connectivity index (χ0n) is 14.0. The number of benzene rings is 1. The first-order valence-corrected chi connectivity index (χ1v) is 10.8. The van der Waals surface area contributed by atoms with E-state index in [0.717, 1.165) is 15.6 Å². The van der Waals surface area contributed by atoms with E-state index in [-0.39, 0.29) is 4.21 Å². The topological polar surface area (TPSA) is 68.3 Å². The summed E-state index contributed by atoms with van der Waals surface area (Å²) in [6.07, 6.45) is 0. The number of para-hydroxylation sites is 2. The lowest BCUT2D eigenvalue weighted by Crippen LogP contribution is -2.12. The number of nitrogens with one attached hydrogen (secondary N) is 1. The molecule has 0 fully saturated rings. The molecule has 0 unspecified atom stereocenters. The van der Waals surface area contributed by atoms with E-state index >= 15 is 0 Å². The van der Waals surface area contributed by atoms with E-state index in [2.05, 4.69) is 23.6 Å². The van der Waals surface area contributed by atoms with Crippen LogP contribution in [-0.4, -0.2) is 20.5 Å². The molecule has 0 saturated carbocycles. The van der Waals surface area contributed by atoms with Gasteiger partial charge in [-0.25, -0.2) is 13.4 Å². The molecule has 1 aromatic carbocycles. The fourth-order valence-corrected chi connectivity index (χ4v) is 5.60. The lowest BCUT2D eigenvalue weighted by Gasteiger charge is -2.10. The van der Waals surface area contributed by atoms with Crippen molar-refractivity contribution in [1.82, 2.24) is 4.98 Å². The van der Waals surface area contributed by atoms with Crippen LogP contribution < -0.4 is 9.46 Å². The van der Waals surface area contributed by atoms with E-state index in [1.807, 2.05) is 5.38 Å². The van der Waals surface area contributed by atoms with Crippen LogP contribution in [0.4, 0.5) is 5.69 Å². The lowest BCUT2D eigenvalue weighted by atomic mass is 10.2. The summed E-state index contributed by atoms with van der Waals surface area (Å²) < 4.78 is 33.3. The van der Waals surface area contributed by atoms with E-state index in [1.54, 1.807) is 36.4 Å². The third-order valence-corrected chi connectivity index (χ3v) is 7.49. The molecule has 0 aliphatic rings. The Balaban J connectivity index is 1.87. The Labute approximate surface area is 155 Å². The average molecular weight is 395 g/mol. The molecule has 0 saturated heterocycles. The monoisotopic (exact) mass is 394 g/mol. The summed E-state index contributed by atoms with van der Waals surface area (Å²) in [5.74, 6) is 0.824. The number of methoxy groups -OCH3 is 1. The van der Waals surface area contributed by atoms with Crippen LogP contribution in [-0.2, 0) is 10.0 Å². The molecule has 0 aliphatic heterocycles. The molecule has 0 spiro atoms. The molecule has 0 amide bonds. The average Bonchev–Trinajstić information content (AvgIpc) is 3.24. The predicted molar refractivity (Wildman–Crippen MR) is 103 cm³/mol. The van der Waals surface area contributed by atoms with Crippen LogP contribution in [0.1, 0.15) is 25.5 Å². The van der Waals surface area contributed by atoms with Gasteiger partial charge in [0.25, 0.3) is 10.0 Å². The summed E-state index contributed by atoms with van der Waals surface area (Å²) in [5.41, 5.74) is 1.43. The molecule has 5 nitrogen and oxygen atoms in total. The van der Waals surface area contributed by atoms with Gasteiger partial charge in [0.05, 0.1) is 23.4 Å². The van der Waals surface area contributed by atoms with E-state index in [4.69, 9.17) is 4.74 Å². The number of anilines is 1. The van der Waals surface area contributed by atoms with Gasteiger partial charge in [0, 0.05) is 5.38 Å². The summed E-state index contributed by atoms with van der Waals surface area (Å²) in [7, 11) is -2.17. The molecular weight excluding hydrogens is 376 g/mol. The molecule has 3 rings (SSSR count). The number of sulfonamides is 1. The Hall–Kier alpha value is -1.90. The second-order valence-electron chi connectivity index (χ2n) is 5.66. The second kappa shape index (κ2) is 7.15. The van der Waals surface area contributed by atoms with Crippen LogP contribution in [0.15, 0.2) is 46.0 Å². The van der Waals surface area contributed by atoms with Gasteiger partial charge in [-0.3, -0.25) is 4.72 Å². The van der Waals surface area contributed by atoms with Gasteiger partial charge in [-0.2, -0.15) is 0 Å². The van der Waals surface area contributed by atoms with Crippen molar-refractivity contribution in [3.8, 4) is 15.6 Å². The number of rotatable bonds is 6. The molecule has 0 aliphatic carbocycles. The highest BCUT2D eigenvalue weighted by molar-refractivity contribution is 7.94. The second-order valence-corrected chi connectivity index (χ2v) is 9.51. The van der Waals surface area contributed by atoms with Gasteiger partial charge in [0.1, 0.15) is 15.0 Å². The number of thiophene rings is 1. The Morgan fingerprint density at radius 2 is 1.92 bits per heavy atom. The Kier molecular flexibility index (Phi) is 5.12. The maximum absolute atomic E-state index is 12.7. The summed E-state index contributed by atoms with van der Waals surface area (Å²) >= 11 is 2.74. The van der Waals surface area contributed by atoms with Crippen molar-refractivity contribution >= 4 is 38.4 Å². The van der Waals surface area contributed by atoms with Crippen molar-refractivity contribution in [3.05, 3.63) is 47.5 Å². The van der Waals surface area contributed by atoms with Crippen LogP contribution in [0.25, 0.3) is 9.88 Å². The largest absolute Gasteiger partial charge is 0.495 e. The minimum Gasteiger partial charge on any atom is -0.495 e. The zero-order chi connectivity index (χ0) is 18.0. The number of aromatic nitrogens is 1. The molecule has 0 radical (unpaired) electrons. The molecule has 132 valence electrons. The van der Waals surface area contributed by atoms with Crippen LogP contribution in [0, 0.1) is 0 Å². The standard InChI is InChI=1S/C17H18N2O3S3/c1-11(2)13-10-23-17(18-13)15-8-9-16(24-15)25(20,21)19-12-6-4-5-7-14(12)22-3/h4-11,19H,1-3H3. The van der Waals surface area contributed by atoms with Crippen molar-refractivity contribution in [3.63, 3.8) is 0 Å². The zero-order valence-corrected chi connectivity index (χ0v) is 16.5. The Morgan fingerprint density at radius 3 is 2.60 bits per heavy atom. The van der Waals surface area contributed by atoms with Gasteiger partial charge in [-0.05, 0) is 30.2 Å². The predicted octanol–water partition coefficient (Wildman–Crippen LogP) is 4.80. The van der Waals surface area contributed by atoms with Gasteiger partial charge in [-0.15, -0.1) is 22.7 Å². The first kappa shape index (κ1) is 17.9. The van der Waals surface area contributed by atoms with Gasteiger partial charge in [0.15, 0.2) is 0 Å². The normalized spacial score (nSPS) is 11.7. The smallest absolute Gasteiger partial charge is 0.271 e. The molecule has 2 aromatic heterocycles. The number of nitrogens with zero attached hydrogens (tertiary/aromatic N) is 1. The van der Waals surface area contributed by atoms with E-state index in [0.29, 0.717) is 17.4 Å². The molecule has 0 bridgehead atoms. The Bertz CT molecular complexity index is 974. The van der Waals surface area contributed by atoms with Gasteiger partial charge < -0.3 is 4.74 Å².